The van der Waals surface area contributed by atoms with Crippen molar-refractivity contribution in [3.8, 4) is 0 Å². The molecule has 0 bridgehead atoms. The Labute approximate surface area is 220 Å². The third-order valence-electron chi connectivity index (χ3n) is 8.06. The van der Waals surface area contributed by atoms with E-state index < -0.39 is 5.60 Å². The van der Waals surface area contributed by atoms with Crippen LogP contribution >= 0.6 is 0 Å². The normalized spacial score (nSPS) is 21.9. The van der Waals surface area contributed by atoms with Crippen LogP contribution in [0.5, 0.6) is 0 Å². The number of benzene rings is 2. The van der Waals surface area contributed by atoms with Gasteiger partial charge in [-0.05, 0) is 87.0 Å². The number of carbonyl (C=O) groups excluding carboxylic acids is 2. The molecule has 4 rings (SSSR count). The van der Waals surface area contributed by atoms with Crippen LogP contribution in [0.1, 0.15) is 66.9 Å². The summed E-state index contributed by atoms with van der Waals surface area (Å²) in [6.45, 7) is 6.53. The summed E-state index contributed by atoms with van der Waals surface area (Å²) in [6.07, 6.45) is 3.72. The summed E-state index contributed by atoms with van der Waals surface area (Å²) < 4.78 is 13.8. The quantitative estimate of drug-likeness (QED) is 0.507. The van der Waals surface area contributed by atoms with E-state index in [4.69, 9.17) is 0 Å². The maximum absolute atomic E-state index is 13.8. The van der Waals surface area contributed by atoms with Gasteiger partial charge in [0.1, 0.15) is 12.4 Å². The van der Waals surface area contributed by atoms with E-state index in [2.05, 4.69) is 25.8 Å². The van der Waals surface area contributed by atoms with Crippen molar-refractivity contribution in [2.24, 2.45) is 5.92 Å². The molecule has 7 heteroatoms. The van der Waals surface area contributed by atoms with E-state index >= 15 is 0 Å². The average Bonchev–Trinajstić information content (AvgIpc) is 2.95. The maximum atomic E-state index is 13.8. The summed E-state index contributed by atoms with van der Waals surface area (Å²) in [7, 11) is 3.73. The zero-order chi connectivity index (χ0) is 26.7. The molecule has 6 nitrogen and oxygen atoms in total. The fourth-order valence-corrected chi connectivity index (χ4v) is 6.13. The Kier molecular flexibility index (Phi) is 8.34. The predicted octanol–water partition coefficient (Wildman–Crippen LogP) is 4.46. The number of halogens is 1. The molecule has 1 aliphatic carbocycles. The van der Waals surface area contributed by atoms with Crippen LogP contribution in [0.4, 0.5) is 10.1 Å². The summed E-state index contributed by atoms with van der Waals surface area (Å²) in [5.41, 5.74) is 2.55. The SMILES string of the molecule is CC(C)C1c2ccc(F)cc2CCC1(O)CCN(C)CCCCN1C(=O)CN(C)C(=O)c2ccccc21. The number of amides is 2. The molecule has 1 aliphatic heterocycles. The van der Waals surface area contributed by atoms with Crippen LogP contribution in [0, 0.1) is 11.7 Å². The van der Waals surface area contributed by atoms with Crippen molar-refractivity contribution < 1.29 is 19.1 Å². The van der Waals surface area contributed by atoms with Crippen LogP contribution in [-0.4, -0.2) is 72.6 Å². The van der Waals surface area contributed by atoms with E-state index in [0.717, 1.165) is 37.1 Å². The van der Waals surface area contributed by atoms with Gasteiger partial charge >= 0.3 is 0 Å². The van der Waals surface area contributed by atoms with Crippen LogP contribution in [0.2, 0.25) is 0 Å². The Bertz CT molecular complexity index is 1140. The van der Waals surface area contributed by atoms with Gasteiger partial charge in [-0.1, -0.05) is 32.0 Å². The number of hydrogen-bond donors (Lipinski definition) is 1. The monoisotopic (exact) mass is 509 g/mol. The highest BCUT2D eigenvalue weighted by Crippen LogP contribution is 2.45. The second-order valence-electron chi connectivity index (χ2n) is 11.2. The molecule has 2 amide bonds. The number of rotatable bonds is 9. The van der Waals surface area contributed by atoms with E-state index in [-0.39, 0.29) is 36.0 Å². The first kappa shape index (κ1) is 27.3. The highest BCUT2D eigenvalue weighted by Gasteiger charge is 2.43. The number of carbonyl (C=O) groups is 2. The van der Waals surface area contributed by atoms with Gasteiger partial charge in [-0.2, -0.15) is 0 Å². The fraction of sp³-hybridized carbons (Fsp3) is 0.533. The van der Waals surface area contributed by atoms with Gasteiger partial charge in [0.25, 0.3) is 5.91 Å². The standard InChI is InChI=1S/C30H40FN3O3/c1-21(2)28-24-12-11-23(31)19-22(24)13-14-30(28,37)15-18-32(3)16-7-8-17-34-26-10-6-5-9-25(26)29(36)33(4)20-27(34)35/h5-6,9-12,19,21,28,37H,7-8,13-18,20H2,1-4H3. The molecule has 2 atom stereocenters. The molecule has 1 N–H and O–H groups in total. The summed E-state index contributed by atoms with van der Waals surface area (Å²) in [6, 6.07) is 12.3. The van der Waals surface area contributed by atoms with E-state index in [1.54, 1.807) is 24.1 Å². The van der Waals surface area contributed by atoms with E-state index in [1.807, 2.05) is 24.3 Å². The lowest BCUT2D eigenvalue weighted by molar-refractivity contribution is -0.119. The van der Waals surface area contributed by atoms with Gasteiger partial charge < -0.3 is 19.8 Å². The number of aliphatic hydroxyl groups is 1. The first-order valence-electron chi connectivity index (χ1n) is 13.4. The molecule has 0 radical (unpaired) electrons. The van der Waals surface area contributed by atoms with Crippen molar-refractivity contribution >= 4 is 17.5 Å². The molecule has 37 heavy (non-hydrogen) atoms. The Hall–Kier alpha value is -2.77. The summed E-state index contributed by atoms with van der Waals surface area (Å²) in [5, 5.41) is 11.7. The topological polar surface area (TPSA) is 64.1 Å². The minimum absolute atomic E-state index is 0.0137. The van der Waals surface area contributed by atoms with Crippen molar-refractivity contribution in [1.82, 2.24) is 9.80 Å². The number of anilines is 1. The number of fused-ring (bicyclic) bond motifs is 2. The molecule has 2 aliphatic rings. The Morgan fingerprint density at radius 2 is 1.89 bits per heavy atom. The molecule has 2 unspecified atom stereocenters. The van der Waals surface area contributed by atoms with Crippen molar-refractivity contribution in [2.75, 3.05) is 45.2 Å². The Morgan fingerprint density at radius 1 is 1.14 bits per heavy atom. The highest BCUT2D eigenvalue weighted by atomic mass is 19.1. The zero-order valence-corrected chi connectivity index (χ0v) is 22.5. The number of likely N-dealkylation sites (N-methyl/N-ethyl adjacent to an activating group) is 1. The average molecular weight is 510 g/mol. The van der Waals surface area contributed by atoms with Crippen LogP contribution in [0.25, 0.3) is 0 Å². The third-order valence-corrected chi connectivity index (χ3v) is 8.06. The summed E-state index contributed by atoms with van der Waals surface area (Å²) in [4.78, 5) is 30.9. The number of nitrogens with zero attached hydrogens (tertiary/aromatic N) is 3. The smallest absolute Gasteiger partial charge is 0.256 e. The number of para-hydroxylation sites is 1. The van der Waals surface area contributed by atoms with Crippen LogP contribution in [0.3, 0.4) is 0 Å². The van der Waals surface area contributed by atoms with Gasteiger partial charge in [0.2, 0.25) is 5.91 Å². The van der Waals surface area contributed by atoms with Gasteiger partial charge in [-0.3, -0.25) is 9.59 Å². The lowest BCUT2D eigenvalue weighted by Gasteiger charge is -2.44. The number of aryl methyl sites for hydroxylation is 1. The first-order valence-corrected chi connectivity index (χ1v) is 13.4. The van der Waals surface area contributed by atoms with Crippen molar-refractivity contribution in [2.45, 2.75) is 57.5 Å². The highest BCUT2D eigenvalue weighted by molar-refractivity contribution is 6.09. The minimum Gasteiger partial charge on any atom is -0.389 e. The second kappa shape index (κ2) is 11.3. The van der Waals surface area contributed by atoms with E-state index in [9.17, 15) is 19.1 Å². The van der Waals surface area contributed by atoms with E-state index in [0.29, 0.717) is 37.1 Å². The molecule has 0 aromatic heterocycles. The summed E-state index contributed by atoms with van der Waals surface area (Å²) in [5.74, 6) is -0.164. The largest absolute Gasteiger partial charge is 0.389 e. The van der Waals surface area contributed by atoms with Crippen LogP contribution < -0.4 is 4.90 Å². The first-order chi connectivity index (χ1) is 17.6. The molecule has 0 fully saturated rings. The Morgan fingerprint density at radius 3 is 2.65 bits per heavy atom. The molecule has 1 heterocycles. The van der Waals surface area contributed by atoms with Crippen LogP contribution in [0.15, 0.2) is 42.5 Å². The van der Waals surface area contributed by atoms with Gasteiger partial charge in [0.05, 0.1) is 16.9 Å². The minimum atomic E-state index is -0.812. The lowest BCUT2D eigenvalue weighted by Crippen LogP contribution is -2.45. The fourth-order valence-electron chi connectivity index (χ4n) is 6.13. The molecule has 0 spiro atoms. The van der Waals surface area contributed by atoms with Gasteiger partial charge in [0, 0.05) is 26.1 Å². The van der Waals surface area contributed by atoms with Crippen molar-refractivity contribution in [3.05, 3.63) is 65.0 Å². The molecule has 0 saturated heterocycles. The number of hydrogen-bond acceptors (Lipinski definition) is 4. The molecule has 2 aromatic rings. The third kappa shape index (κ3) is 5.88. The molecule has 2 aromatic carbocycles. The molecular formula is C30H40FN3O3. The number of unbranched alkanes of at least 4 members (excludes halogenated alkanes) is 1. The maximum Gasteiger partial charge on any atom is 0.256 e. The van der Waals surface area contributed by atoms with E-state index in [1.165, 1.54) is 11.0 Å². The van der Waals surface area contributed by atoms with Gasteiger partial charge in [0.15, 0.2) is 0 Å². The molecule has 0 saturated carbocycles. The van der Waals surface area contributed by atoms with Gasteiger partial charge in [-0.15, -0.1) is 0 Å². The van der Waals surface area contributed by atoms with Gasteiger partial charge in [-0.25, -0.2) is 4.39 Å². The summed E-state index contributed by atoms with van der Waals surface area (Å²) >= 11 is 0. The predicted molar refractivity (Wildman–Crippen MR) is 144 cm³/mol. The lowest BCUT2D eigenvalue weighted by atomic mass is 9.66. The zero-order valence-electron chi connectivity index (χ0n) is 22.5. The van der Waals surface area contributed by atoms with Crippen LogP contribution in [-0.2, 0) is 11.2 Å². The van der Waals surface area contributed by atoms with Crippen molar-refractivity contribution in [3.63, 3.8) is 0 Å². The van der Waals surface area contributed by atoms with Crippen molar-refractivity contribution in [1.29, 1.82) is 0 Å². The Balaban J connectivity index is 1.31. The molecular weight excluding hydrogens is 469 g/mol. The molecule has 200 valence electrons. The second-order valence-corrected chi connectivity index (χ2v) is 11.2.